The first-order valence-corrected chi connectivity index (χ1v) is 6.69. The van der Waals surface area contributed by atoms with E-state index in [0.29, 0.717) is 6.54 Å². The topological polar surface area (TPSA) is 55.1 Å². The molecule has 1 aliphatic carbocycles. The van der Waals surface area contributed by atoms with Gasteiger partial charge in [0, 0.05) is 18.0 Å². The van der Waals surface area contributed by atoms with Crippen LogP contribution in [0.2, 0.25) is 0 Å². The minimum Gasteiger partial charge on any atom is -0.352 e. The SMILES string of the molecule is CCCC(CN)NC(=O)C1(CC)CCCC1. The highest BCUT2D eigenvalue weighted by Gasteiger charge is 2.39. The molecule has 16 heavy (non-hydrogen) atoms. The van der Waals surface area contributed by atoms with Crippen molar-refractivity contribution in [1.82, 2.24) is 5.32 Å². The summed E-state index contributed by atoms with van der Waals surface area (Å²) in [5.74, 6) is 0.247. The summed E-state index contributed by atoms with van der Waals surface area (Å²) >= 11 is 0. The van der Waals surface area contributed by atoms with Gasteiger partial charge in [0.05, 0.1) is 0 Å². The first kappa shape index (κ1) is 13.5. The predicted octanol–water partition coefficient (Wildman–Crippen LogP) is 2.20. The minimum absolute atomic E-state index is 0.0822. The maximum atomic E-state index is 12.3. The third kappa shape index (κ3) is 2.97. The van der Waals surface area contributed by atoms with Gasteiger partial charge in [-0.3, -0.25) is 4.79 Å². The van der Waals surface area contributed by atoms with E-state index in [9.17, 15) is 4.79 Å². The lowest BCUT2D eigenvalue weighted by Crippen LogP contribution is -2.47. The van der Waals surface area contributed by atoms with Crippen LogP contribution in [-0.2, 0) is 4.79 Å². The molecule has 0 aromatic heterocycles. The normalized spacial score (nSPS) is 20.7. The van der Waals surface area contributed by atoms with Crippen LogP contribution in [0.4, 0.5) is 0 Å². The Morgan fingerprint density at radius 2 is 2.00 bits per heavy atom. The van der Waals surface area contributed by atoms with Gasteiger partial charge in [0.15, 0.2) is 0 Å². The second-order valence-electron chi connectivity index (χ2n) is 5.04. The molecule has 3 heteroatoms. The Bertz CT molecular complexity index is 222. The average molecular weight is 226 g/mol. The van der Waals surface area contributed by atoms with Crippen LogP contribution in [0.3, 0.4) is 0 Å². The molecule has 94 valence electrons. The molecule has 0 aromatic carbocycles. The summed E-state index contributed by atoms with van der Waals surface area (Å²) in [6.45, 7) is 4.81. The summed E-state index contributed by atoms with van der Waals surface area (Å²) in [5, 5.41) is 3.14. The molecule has 1 aliphatic rings. The van der Waals surface area contributed by atoms with Gasteiger partial charge in [-0.05, 0) is 25.7 Å². The summed E-state index contributed by atoms with van der Waals surface area (Å²) < 4.78 is 0. The molecule has 0 spiro atoms. The lowest BCUT2D eigenvalue weighted by Gasteiger charge is -2.28. The highest BCUT2D eigenvalue weighted by molar-refractivity contribution is 5.83. The number of hydrogen-bond donors (Lipinski definition) is 2. The van der Waals surface area contributed by atoms with Crippen molar-refractivity contribution in [2.45, 2.75) is 64.8 Å². The van der Waals surface area contributed by atoms with Crippen molar-refractivity contribution in [3.8, 4) is 0 Å². The van der Waals surface area contributed by atoms with Gasteiger partial charge in [-0.25, -0.2) is 0 Å². The van der Waals surface area contributed by atoms with E-state index in [0.717, 1.165) is 32.1 Å². The summed E-state index contributed by atoms with van der Waals surface area (Å²) in [6.07, 6.45) is 7.52. The lowest BCUT2D eigenvalue weighted by molar-refractivity contribution is -0.131. The van der Waals surface area contributed by atoms with Gasteiger partial charge >= 0.3 is 0 Å². The fraction of sp³-hybridized carbons (Fsp3) is 0.923. The van der Waals surface area contributed by atoms with E-state index >= 15 is 0 Å². The monoisotopic (exact) mass is 226 g/mol. The Kier molecular flexibility index (Phi) is 5.26. The quantitative estimate of drug-likeness (QED) is 0.729. The Labute approximate surface area is 99.2 Å². The number of amides is 1. The van der Waals surface area contributed by atoms with Crippen LogP contribution in [0.1, 0.15) is 58.8 Å². The van der Waals surface area contributed by atoms with Crippen molar-refractivity contribution < 1.29 is 4.79 Å². The van der Waals surface area contributed by atoms with Crippen LogP contribution in [0, 0.1) is 5.41 Å². The second kappa shape index (κ2) is 6.24. The van der Waals surface area contributed by atoms with Gasteiger partial charge in [-0.2, -0.15) is 0 Å². The van der Waals surface area contributed by atoms with Crippen LogP contribution in [0.15, 0.2) is 0 Å². The average Bonchev–Trinajstić information content (AvgIpc) is 2.78. The number of carbonyl (C=O) groups is 1. The molecule has 1 saturated carbocycles. The Balaban J connectivity index is 2.54. The molecule has 0 heterocycles. The third-order valence-corrected chi connectivity index (χ3v) is 3.98. The van der Waals surface area contributed by atoms with E-state index in [1.54, 1.807) is 0 Å². The number of nitrogens with one attached hydrogen (secondary N) is 1. The van der Waals surface area contributed by atoms with E-state index in [1.165, 1.54) is 12.8 Å². The molecule has 1 amide bonds. The lowest BCUT2D eigenvalue weighted by atomic mass is 9.82. The zero-order valence-electron chi connectivity index (χ0n) is 10.7. The molecule has 0 radical (unpaired) electrons. The summed E-state index contributed by atoms with van der Waals surface area (Å²) in [4.78, 5) is 12.3. The van der Waals surface area contributed by atoms with Crippen molar-refractivity contribution in [3.63, 3.8) is 0 Å². The third-order valence-electron chi connectivity index (χ3n) is 3.98. The van der Waals surface area contributed by atoms with Gasteiger partial charge in [0.2, 0.25) is 5.91 Å². The molecule has 0 aromatic rings. The van der Waals surface area contributed by atoms with Crippen molar-refractivity contribution in [2.24, 2.45) is 11.1 Å². The Morgan fingerprint density at radius 1 is 1.38 bits per heavy atom. The highest BCUT2D eigenvalue weighted by Crippen LogP contribution is 2.41. The molecule has 1 fully saturated rings. The minimum atomic E-state index is -0.0822. The number of carbonyl (C=O) groups excluding carboxylic acids is 1. The second-order valence-corrected chi connectivity index (χ2v) is 5.04. The van der Waals surface area contributed by atoms with Crippen molar-refractivity contribution >= 4 is 5.91 Å². The first-order valence-electron chi connectivity index (χ1n) is 6.69. The van der Waals surface area contributed by atoms with E-state index in [1.807, 2.05) is 0 Å². The van der Waals surface area contributed by atoms with Gasteiger partial charge in [0.1, 0.15) is 0 Å². The number of nitrogens with two attached hydrogens (primary N) is 1. The highest BCUT2D eigenvalue weighted by atomic mass is 16.2. The Hall–Kier alpha value is -0.570. The molecular weight excluding hydrogens is 200 g/mol. The number of hydrogen-bond acceptors (Lipinski definition) is 2. The molecule has 0 saturated heterocycles. The maximum absolute atomic E-state index is 12.3. The van der Waals surface area contributed by atoms with Gasteiger partial charge in [-0.1, -0.05) is 33.1 Å². The van der Waals surface area contributed by atoms with E-state index < -0.39 is 0 Å². The van der Waals surface area contributed by atoms with Crippen LogP contribution in [-0.4, -0.2) is 18.5 Å². The Morgan fingerprint density at radius 3 is 2.44 bits per heavy atom. The molecule has 1 unspecified atom stereocenters. The first-order chi connectivity index (χ1) is 7.68. The predicted molar refractivity (Wildman–Crippen MR) is 67.1 cm³/mol. The van der Waals surface area contributed by atoms with Gasteiger partial charge in [-0.15, -0.1) is 0 Å². The standard InChI is InChI=1S/C13H26N2O/c1-3-7-11(10-14)15-12(16)13(4-2)8-5-6-9-13/h11H,3-10,14H2,1-2H3,(H,15,16). The zero-order valence-corrected chi connectivity index (χ0v) is 10.7. The maximum Gasteiger partial charge on any atom is 0.226 e. The van der Waals surface area contributed by atoms with Crippen LogP contribution in [0.25, 0.3) is 0 Å². The van der Waals surface area contributed by atoms with Crippen molar-refractivity contribution in [1.29, 1.82) is 0 Å². The molecule has 3 nitrogen and oxygen atoms in total. The fourth-order valence-electron chi connectivity index (χ4n) is 2.73. The van der Waals surface area contributed by atoms with Crippen LogP contribution >= 0.6 is 0 Å². The van der Waals surface area contributed by atoms with E-state index in [-0.39, 0.29) is 17.4 Å². The molecule has 0 aliphatic heterocycles. The summed E-state index contributed by atoms with van der Waals surface area (Å²) in [6, 6.07) is 0.168. The molecule has 0 bridgehead atoms. The van der Waals surface area contributed by atoms with Gasteiger partial charge in [0.25, 0.3) is 0 Å². The van der Waals surface area contributed by atoms with Crippen molar-refractivity contribution in [2.75, 3.05) is 6.54 Å². The zero-order chi connectivity index (χ0) is 12.0. The summed E-state index contributed by atoms with van der Waals surface area (Å²) in [5.41, 5.74) is 5.59. The molecular formula is C13H26N2O. The van der Waals surface area contributed by atoms with Crippen LogP contribution < -0.4 is 11.1 Å². The van der Waals surface area contributed by atoms with E-state index in [4.69, 9.17) is 5.73 Å². The van der Waals surface area contributed by atoms with Crippen molar-refractivity contribution in [3.05, 3.63) is 0 Å². The molecule has 1 rings (SSSR count). The fourth-order valence-corrected chi connectivity index (χ4v) is 2.73. The summed E-state index contributed by atoms with van der Waals surface area (Å²) in [7, 11) is 0. The number of rotatable bonds is 6. The largest absolute Gasteiger partial charge is 0.352 e. The smallest absolute Gasteiger partial charge is 0.226 e. The van der Waals surface area contributed by atoms with Gasteiger partial charge < -0.3 is 11.1 Å². The molecule has 3 N–H and O–H groups in total. The van der Waals surface area contributed by atoms with E-state index in [2.05, 4.69) is 19.2 Å². The molecule has 1 atom stereocenters. The van der Waals surface area contributed by atoms with Crippen LogP contribution in [0.5, 0.6) is 0 Å².